The van der Waals surface area contributed by atoms with E-state index in [0.29, 0.717) is 25.2 Å². The van der Waals surface area contributed by atoms with Crippen LogP contribution in [0.3, 0.4) is 0 Å². The van der Waals surface area contributed by atoms with E-state index >= 15 is 0 Å². The molecule has 0 saturated carbocycles. The number of halogens is 1. The van der Waals surface area contributed by atoms with Crippen LogP contribution in [0.15, 0.2) is 0 Å². The van der Waals surface area contributed by atoms with Gasteiger partial charge in [0, 0.05) is 25.7 Å². The zero-order valence-electron chi connectivity index (χ0n) is 10.4. The fourth-order valence-corrected chi connectivity index (χ4v) is 2.15. The Kier molecular flexibility index (Phi) is 7.72. The van der Waals surface area contributed by atoms with Crippen LogP contribution < -0.4 is 5.32 Å². The molecule has 0 aromatic heterocycles. The van der Waals surface area contributed by atoms with Crippen molar-refractivity contribution in [2.24, 2.45) is 0 Å². The Labute approximate surface area is 104 Å². The molecular weight excluding hydrogens is 228 g/mol. The molecule has 0 bridgehead atoms. The normalized spacial score (nSPS) is 24.3. The smallest absolute Gasteiger partial charge is 0.237 e. The Balaban J connectivity index is 0.00000225. The van der Waals surface area contributed by atoms with Gasteiger partial charge in [-0.25, -0.2) is 0 Å². The number of hydrogen-bond acceptors (Lipinski definition) is 3. The van der Waals surface area contributed by atoms with Crippen LogP contribution in [0.5, 0.6) is 0 Å². The number of hydrogen-bond donors (Lipinski definition) is 1. The van der Waals surface area contributed by atoms with Gasteiger partial charge in [0.05, 0.1) is 13.2 Å². The van der Waals surface area contributed by atoms with E-state index in [1.807, 2.05) is 4.90 Å². The van der Waals surface area contributed by atoms with Crippen molar-refractivity contribution in [2.75, 3.05) is 26.8 Å². The Morgan fingerprint density at radius 3 is 2.44 bits per heavy atom. The summed E-state index contributed by atoms with van der Waals surface area (Å²) in [6, 6.07) is 0.799. The Hall–Kier alpha value is -0.320. The van der Waals surface area contributed by atoms with Gasteiger partial charge in [-0.3, -0.25) is 4.79 Å². The van der Waals surface area contributed by atoms with Gasteiger partial charge in [-0.2, -0.15) is 0 Å². The van der Waals surface area contributed by atoms with Crippen LogP contribution in [0.1, 0.15) is 26.7 Å². The second kappa shape index (κ2) is 7.87. The third-order valence-corrected chi connectivity index (χ3v) is 3.00. The third kappa shape index (κ3) is 4.28. The third-order valence-electron chi connectivity index (χ3n) is 3.00. The van der Waals surface area contributed by atoms with Crippen molar-refractivity contribution >= 4 is 18.3 Å². The summed E-state index contributed by atoms with van der Waals surface area (Å²) in [5.41, 5.74) is 0. The Morgan fingerprint density at radius 2 is 1.94 bits per heavy atom. The average molecular weight is 251 g/mol. The lowest BCUT2D eigenvalue weighted by Gasteiger charge is -2.26. The summed E-state index contributed by atoms with van der Waals surface area (Å²) in [7, 11) is 1.66. The summed E-state index contributed by atoms with van der Waals surface area (Å²) in [6.45, 7) is 6.06. The summed E-state index contributed by atoms with van der Waals surface area (Å²) >= 11 is 0. The molecule has 1 aliphatic rings. The maximum absolute atomic E-state index is 11.9. The lowest BCUT2D eigenvalue weighted by molar-refractivity contribution is -0.132. The maximum atomic E-state index is 11.9. The number of carbonyl (C=O) groups excluding carboxylic acids is 1. The minimum atomic E-state index is 0. The van der Waals surface area contributed by atoms with Crippen molar-refractivity contribution in [1.82, 2.24) is 10.2 Å². The summed E-state index contributed by atoms with van der Waals surface area (Å²) in [4.78, 5) is 13.9. The van der Waals surface area contributed by atoms with Gasteiger partial charge in [0.1, 0.15) is 0 Å². The van der Waals surface area contributed by atoms with Crippen molar-refractivity contribution in [3.05, 3.63) is 0 Å². The van der Waals surface area contributed by atoms with Gasteiger partial charge in [-0.15, -0.1) is 12.4 Å². The molecule has 5 heteroatoms. The fraction of sp³-hybridized carbons (Fsp3) is 0.909. The van der Waals surface area contributed by atoms with E-state index in [4.69, 9.17) is 4.74 Å². The van der Waals surface area contributed by atoms with E-state index in [-0.39, 0.29) is 18.3 Å². The van der Waals surface area contributed by atoms with Gasteiger partial charge >= 0.3 is 0 Å². The number of nitrogens with zero attached hydrogens (tertiary/aromatic N) is 1. The molecule has 96 valence electrons. The molecule has 1 N–H and O–H groups in total. The number of amides is 1. The molecule has 1 heterocycles. The molecule has 16 heavy (non-hydrogen) atoms. The van der Waals surface area contributed by atoms with Gasteiger partial charge < -0.3 is 15.0 Å². The van der Waals surface area contributed by atoms with Crippen LogP contribution in [0.2, 0.25) is 0 Å². The van der Waals surface area contributed by atoms with E-state index < -0.39 is 0 Å². The molecule has 1 fully saturated rings. The molecule has 2 unspecified atom stereocenters. The van der Waals surface area contributed by atoms with Crippen LogP contribution in [-0.2, 0) is 9.53 Å². The van der Waals surface area contributed by atoms with Crippen molar-refractivity contribution in [3.63, 3.8) is 0 Å². The lowest BCUT2D eigenvalue weighted by atomic mass is 10.2. The first-order chi connectivity index (χ1) is 7.16. The number of carbonyl (C=O) groups is 1. The molecule has 0 spiro atoms. The standard InChI is InChI=1S/C11H22N2O2.ClH/c1-9-4-5-10(2)13(9)11(14)8-12-6-7-15-3;/h9-10,12H,4-8H2,1-3H3;1H. The molecule has 1 rings (SSSR count). The number of likely N-dealkylation sites (tertiary alicyclic amines) is 1. The second-order valence-electron chi connectivity index (χ2n) is 4.25. The van der Waals surface area contributed by atoms with Crippen LogP contribution in [0.25, 0.3) is 0 Å². The molecule has 0 aromatic rings. The fourth-order valence-electron chi connectivity index (χ4n) is 2.15. The number of methoxy groups -OCH3 is 1. The lowest BCUT2D eigenvalue weighted by Crippen LogP contribution is -2.43. The van der Waals surface area contributed by atoms with Gasteiger partial charge in [0.15, 0.2) is 0 Å². The largest absolute Gasteiger partial charge is 0.383 e. The van der Waals surface area contributed by atoms with E-state index in [2.05, 4.69) is 19.2 Å². The highest BCUT2D eigenvalue weighted by molar-refractivity contribution is 5.85. The van der Waals surface area contributed by atoms with Crippen molar-refractivity contribution in [1.29, 1.82) is 0 Å². The first kappa shape index (κ1) is 15.7. The van der Waals surface area contributed by atoms with E-state index in [1.165, 1.54) is 0 Å². The topological polar surface area (TPSA) is 41.6 Å². The van der Waals surface area contributed by atoms with Crippen molar-refractivity contribution in [3.8, 4) is 0 Å². The zero-order chi connectivity index (χ0) is 11.3. The summed E-state index contributed by atoms with van der Waals surface area (Å²) < 4.78 is 4.90. The van der Waals surface area contributed by atoms with Crippen molar-refractivity contribution in [2.45, 2.75) is 38.8 Å². The molecule has 4 nitrogen and oxygen atoms in total. The van der Waals surface area contributed by atoms with Crippen LogP contribution in [-0.4, -0.2) is 49.7 Å². The van der Waals surface area contributed by atoms with E-state index in [1.54, 1.807) is 7.11 Å². The molecule has 1 aliphatic heterocycles. The number of nitrogens with one attached hydrogen (secondary N) is 1. The quantitative estimate of drug-likeness (QED) is 0.742. The summed E-state index contributed by atoms with van der Waals surface area (Å²) in [5, 5.41) is 3.09. The van der Waals surface area contributed by atoms with Gasteiger partial charge in [-0.1, -0.05) is 0 Å². The molecular formula is C11H23ClN2O2. The van der Waals surface area contributed by atoms with Crippen LogP contribution in [0, 0.1) is 0 Å². The first-order valence-corrected chi connectivity index (χ1v) is 5.67. The summed E-state index contributed by atoms with van der Waals surface area (Å²) in [6.07, 6.45) is 2.26. The van der Waals surface area contributed by atoms with Crippen molar-refractivity contribution < 1.29 is 9.53 Å². The van der Waals surface area contributed by atoms with Gasteiger partial charge in [-0.05, 0) is 26.7 Å². The Morgan fingerprint density at radius 1 is 1.38 bits per heavy atom. The highest BCUT2D eigenvalue weighted by Gasteiger charge is 2.30. The van der Waals surface area contributed by atoms with E-state index in [0.717, 1.165) is 19.4 Å². The SMILES string of the molecule is COCCNCC(=O)N1C(C)CCC1C.Cl. The van der Waals surface area contributed by atoms with Gasteiger partial charge in [0.25, 0.3) is 0 Å². The highest BCUT2D eigenvalue weighted by Crippen LogP contribution is 2.22. The molecule has 1 amide bonds. The number of rotatable bonds is 5. The molecule has 1 saturated heterocycles. The summed E-state index contributed by atoms with van der Waals surface area (Å²) in [5.74, 6) is 0.212. The monoisotopic (exact) mass is 250 g/mol. The van der Waals surface area contributed by atoms with E-state index in [9.17, 15) is 4.79 Å². The average Bonchev–Trinajstić information content (AvgIpc) is 2.53. The highest BCUT2D eigenvalue weighted by atomic mass is 35.5. The number of ether oxygens (including phenoxy) is 1. The Bertz CT molecular complexity index is 204. The maximum Gasteiger partial charge on any atom is 0.237 e. The zero-order valence-corrected chi connectivity index (χ0v) is 11.2. The molecule has 0 aliphatic carbocycles. The van der Waals surface area contributed by atoms with Gasteiger partial charge in [0.2, 0.25) is 5.91 Å². The minimum Gasteiger partial charge on any atom is -0.383 e. The van der Waals surface area contributed by atoms with Crippen LogP contribution >= 0.6 is 12.4 Å². The second-order valence-corrected chi connectivity index (χ2v) is 4.25. The minimum absolute atomic E-state index is 0. The first-order valence-electron chi connectivity index (χ1n) is 5.67. The molecule has 0 radical (unpaired) electrons. The van der Waals surface area contributed by atoms with Crippen LogP contribution in [0.4, 0.5) is 0 Å². The predicted molar refractivity (Wildman–Crippen MR) is 67.0 cm³/mol. The molecule has 2 atom stereocenters. The molecule has 0 aromatic carbocycles. The predicted octanol–water partition coefficient (Wildman–Crippen LogP) is 1.04.